The number of hydrogen-bond donors (Lipinski definition) is 0. The van der Waals surface area contributed by atoms with Crippen LogP contribution in [0.1, 0.15) is 31.4 Å². The standard InChI is InChI=1S/C15H14N2O2S/c1-8-4-9(2)13-12(5-8)14(18)15(19)17(13)7-11-6-16-10(3)20-11/h4-6H,7H2,1-3H3. The monoisotopic (exact) mass is 286 g/mol. The molecule has 0 bridgehead atoms. The number of amides is 1. The SMILES string of the molecule is Cc1cc(C)c2c(c1)C(=O)C(=O)N2Cc1cnc(C)s1. The zero-order chi connectivity index (χ0) is 14.4. The van der Waals surface area contributed by atoms with Crippen LogP contribution >= 0.6 is 11.3 Å². The molecule has 20 heavy (non-hydrogen) atoms. The molecule has 0 fully saturated rings. The highest BCUT2D eigenvalue weighted by Gasteiger charge is 2.37. The number of benzene rings is 1. The second-order valence-electron chi connectivity index (χ2n) is 5.04. The van der Waals surface area contributed by atoms with E-state index in [0.717, 1.165) is 26.7 Å². The van der Waals surface area contributed by atoms with E-state index in [1.54, 1.807) is 28.5 Å². The van der Waals surface area contributed by atoms with E-state index in [2.05, 4.69) is 4.98 Å². The third-order valence-corrected chi connectivity index (χ3v) is 4.28. The Morgan fingerprint density at radius 2 is 1.95 bits per heavy atom. The van der Waals surface area contributed by atoms with Crippen molar-refractivity contribution in [2.45, 2.75) is 27.3 Å². The normalized spacial score (nSPS) is 14.1. The number of ketones is 1. The van der Waals surface area contributed by atoms with Crippen LogP contribution in [0.25, 0.3) is 0 Å². The number of fused-ring (bicyclic) bond motifs is 1. The molecule has 0 N–H and O–H groups in total. The van der Waals surface area contributed by atoms with Gasteiger partial charge in [0.25, 0.3) is 11.7 Å². The van der Waals surface area contributed by atoms with Crippen LogP contribution in [0.3, 0.4) is 0 Å². The van der Waals surface area contributed by atoms with E-state index < -0.39 is 11.7 Å². The third-order valence-electron chi connectivity index (χ3n) is 3.38. The molecule has 0 radical (unpaired) electrons. The largest absolute Gasteiger partial charge is 0.299 e. The maximum absolute atomic E-state index is 12.2. The van der Waals surface area contributed by atoms with E-state index in [1.807, 2.05) is 26.8 Å². The Morgan fingerprint density at radius 3 is 2.60 bits per heavy atom. The maximum atomic E-state index is 12.2. The number of aromatic nitrogens is 1. The Labute approximate surface area is 121 Å². The maximum Gasteiger partial charge on any atom is 0.299 e. The Hall–Kier alpha value is -2.01. The highest BCUT2D eigenvalue weighted by Crippen LogP contribution is 2.35. The number of anilines is 1. The quantitative estimate of drug-likeness (QED) is 0.798. The van der Waals surface area contributed by atoms with Crippen molar-refractivity contribution in [1.82, 2.24) is 4.98 Å². The zero-order valence-electron chi connectivity index (χ0n) is 11.6. The lowest BCUT2D eigenvalue weighted by molar-refractivity contribution is -0.114. The summed E-state index contributed by atoms with van der Waals surface area (Å²) in [6.45, 7) is 6.20. The molecule has 4 nitrogen and oxygen atoms in total. The van der Waals surface area contributed by atoms with Crippen molar-refractivity contribution in [3.63, 3.8) is 0 Å². The summed E-state index contributed by atoms with van der Waals surface area (Å²) in [5.74, 6) is -0.854. The molecule has 0 atom stereocenters. The minimum Gasteiger partial charge on any atom is -0.299 e. The summed E-state index contributed by atoms with van der Waals surface area (Å²) >= 11 is 1.55. The average molecular weight is 286 g/mol. The predicted molar refractivity (Wildman–Crippen MR) is 78.3 cm³/mol. The first kappa shape index (κ1) is 13.0. The molecule has 0 saturated heterocycles. The third kappa shape index (κ3) is 1.94. The second kappa shape index (κ2) is 4.52. The van der Waals surface area contributed by atoms with E-state index in [1.165, 1.54) is 0 Å². The summed E-state index contributed by atoms with van der Waals surface area (Å²) in [7, 11) is 0. The van der Waals surface area contributed by atoms with Crippen LogP contribution in [0.15, 0.2) is 18.3 Å². The molecule has 0 saturated carbocycles. The summed E-state index contributed by atoms with van der Waals surface area (Å²) in [5, 5.41) is 0.957. The number of carbonyl (C=O) groups is 2. The fourth-order valence-electron chi connectivity index (χ4n) is 2.62. The molecule has 2 heterocycles. The number of hydrogen-bond acceptors (Lipinski definition) is 4. The summed E-state index contributed by atoms with van der Waals surface area (Å²) in [6.07, 6.45) is 1.76. The Balaban J connectivity index is 2.06. The number of thiazole rings is 1. The number of carbonyl (C=O) groups excluding carboxylic acids is 2. The van der Waals surface area contributed by atoms with E-state index in [9.17, 15) is 9.59 Å². The van der Waals surface area contributed by atoms with Crippen molar-refractivity contribution in [3.05, 3.63) is 44.9 Å². The van der Waals surface area contributed by atoms with E-state index >= 15 is 0 Å². The summed E-state index contributed by atoms with van der Waals surface area (Å²) in [5.41, 5.74) is 3.23. The molecule has 3 rings (SSSR count). The molecule has 0 spiro atoms. The molecule has 1 aromatic heterocycles. The highest BCUT2D eigenvalue weighted by atomic mass is 32.1. The van der Waals surface area contributed by atoms with Crippen molar-refractivity contribution in [2.75, 3.05) is 4.90 Å². The van der Waals surface area contributed by atoms with Gasteiger partial charge in [0, 0.05) is 11.1 Å². The molecular weight excluding hydrogens is 272 g/mol. The number of rotatable bonds is 2. The number of aryl methyl sites for hydroxylation is 3. The molecule has 0 aliphatic carbocycles. The Morgan fingerprint density at radius 1 is 1.20 bits per heavy atom. The van der Waals surface area contributed by atoms with Crippen LogP contribution in [-0.4, -0.2) is 16.7 Å². The van der Waals surface area contributed by atoms with Gasteiger partial charge in [-0.3, -0.25) is 14.5 Å². The molecule has 1 aliphatic rings. The van der Waals surface area contributed by atoms with Crippen LogP contribution < -0.4 is 4.90 Å². The molecule has 5 heteroatoms. The second-order valence-corrected chi connectivity index (χ2v) is 6.36. The van der Waals surface area contributed by atoms with Gasteiger partial charge in [-0.2, -0.15) is 0 Å². The van der Waals surface area contributed by atoms with Crippen molar-refractivity contribution in [1.29, 1.82) is 0 Å². The molecule has 2 aromatic rings. The summed E-state index contributed by atoms with van der Waals surface area (Å²) in [6, 6.07) is 3.79. The number of nitrogens with zero attached hydrogens (tertiary/aromatic N) is 2. The Bertz CT molecular complexity index is 733. The Kier molecular flexibility index (Phi) is 2.94. The van der Waals surface area contributed by atoms with E-state index in [-0.39, 0.29) is 0 Å². The first-order valence-electron chi connectivity index (χ1n) is 6.36. The first-order chi connectivity index (χ1) is 9.47. The van der Waals surface area contributed by atoms with Gasteiger partial charge in [0.15, 0.2) is 0 Å². The van der Waals surface area contributed by atoms with Gasteiger partial charge in [0.2, 0.25) is 0 Å². The van der Waals surface area contributed by atoms with Crippen LogP contribution in [0.4, 0.5) is 5.69 Å². The molecule has 1 aliphatic heterocycles. The van der Waals surface area contributed by atoms with E-state index in [0.29, 0.717) is 12.1 Å². The van der Waals surface area contributed by atoms with Crippen molar-refractivity contribution in [3.8, 4) is 0 Å². The van der Waals surface area contributed by atoms with Crippen LogP contribution in [0, 0.1) is 20.8 Å². The molecule has 1 aromatic carbocycles. The van der Waals surface area contributed by atoms with Gasteiger partial charge in [-0.1, -0.05) is 6.07 Å². The molecular formula is C15H14N2O2S. The summed E-state index contributed by atoms with van der Waals surface area (Å²) in [4.78, 5) is 31.0. The smallest absolute Gasteiger partial charge is 0.299 e. The van der Waals surface area contributed by atoms with Crippen molar-refractivity contribution >= 4 is 28.7 Å². The summed E-state index contributed by atoms with van der Waals surface area (Å²) < 4.78 is 0. The first-order valence-corrected chi connectivity index (χ1v) is 7.18. The lowest BCUT2D eigenvalue weighted by Gasteiger charge is -2.17. The molecule has 0 unspecified atom stereocenters. The molecule has 102 valence electrons. The van der Waals surface area contributed by atoms with Gasteiger partial charge >= 0.3 is 0 Å². The minimum absolute atomic E-state index is 0.409. The minimum atomic E-state index is -0.445. The fourth-order valence-corrected chi connectivity index (χ4v) is 3.40. The van der Waals surface area contributed by atoms with Crippen LogP contribution in [0.5, 0.6) is 0 Å². The molecule has 1 amide bonds. The van der Waals surface area contributed by atoms with Crippen LogP contribution in [-0.2, 0) is 11.3 Å². The van der Waals surface area contributed by atoms with Gasteiger partial charge in [0.1, 0.15) is 0 Å². The highest BCUT2D eigenvalue weighted by molar-refractivity contribution is 7.11. The van der Waals surface area contributed by atoms with Crippen LogP contribution in [0.2, 0.25) is 0 Å². The van der Waals surface area contributed by atoms with Gasteiger partial charge in [-0.25, -0.2) is 4.98 Å². The van der Waals surface area contributed by atoms with Gasteiger partial charge < -0.3 is 0 Å². The number of Topliss-reactive ketones (excluding diaryl/α,β-unsaturated/α-hetero) is 1. The lowest BCUT2D eigenvalue weighted by atomic mass is 10.0. The topological polar surface area (TPSA) is 50.3 Å². The van der Waals surface area contributed by atoms with Gasteiger partial charge in [0.05, 0.1) is 22.8 Å². The fraction of sp³-hybridized carbons (Fsp3) is 0.267. The predicted octanol–water partition coefficient (Wildman–Crippen LogP) is 2.80. The van der Waals surface area contributed by atoms with Crippen molar-refractivity contribution < 1.29 is 9.59 Å². The average Bonchev–Trinajstić information content (AvgIpc) is 2.88. The van der Waals surface area contributed by atoms with E-state index in [4.69, 9.17) is 0 Å². The van der Waals surface area contributed by atoms with Gasteiger partial charge in [-0.15, -0.1) is 11.3 Å². The van der Waals surface area contributed by atoms with Gasteiger partial charge in [-0.05, 0) is 38.0 Å². The zero-order valence-corrected chi connectivity index (χ0v) is 12.4. The lowest BCUT2D eigenvalue weighted by Crippen LogP contribution is -2.29. The van der Waals surface area contributed by atoms with Crippen molar-refractivity contribution in [2.24, 2.45) is 0 Å².